The Morgan fingerprint density at radius 1 is 1.07 bits per heavy atom. The van der Waals surface area contributed by atoms with Gasteiger partial charge in [-0.15, -0.1) is 10.2 Å². The second kappa shape index (κ2) is 8.18. The SMILES string of the molecule is COc1ccc2nn(-c3ccc(C(C)OC(=O)/C(C)=C(\O)C(C)(C)C)cc3)nc2c1. The first kappa shape index (κ1) is 21.4. The summed E-state index contributed by atoms with van der Waals surface area (Å²) in [6.07, 6.45) is -0.469. The van der Waals surface area contributed by atoms with E-state index < -0.39 is 17.5 Å². The maximum absolute atomic E-state index is 12.4. The minimum atomic E-state index is -0.534. The van der Waals surface area contributed by atoms with E-state index in [2.05, 4.69) is 10.2 Å². The van der Waals surface area contributed by atoms with Gasteiger partial charge in [-0.3, -0.25) is 0 Å². The van der Waals surface area contributed by atoms with Crippen LogP contribution in [0.3, 0.4) is 0 Å². The summed E-state index contributed by atoms with van der Waals surface area (Å²) in [6.45, 7) is 8.88. The van der Waals surface area contributed by atoms with Gasteiger partial charge in [-0.25, -0.2) is 4.79 Å². The molecule has 0 aliphatic heterocycles. The molecule has 0 aliphatic carbocycles. The molecule has 1 atom stereocenters. The fourth-order valence-electron chi connectivity index (χ4n) is 2.99. The summed E-state index contributed by atoms with van der Waals surface area (Å²) in [4.78, 5) is 13.9. The average Bonchev–Trinajstić information content (AvgIpc) is 3.15. The van der Waals surface area contributed by atoms with Crippen molar-refractivity contribution in [2.45, 2.75) is 40.7 Å². The summed E-state index contributed by atoms with van der Waals surface area (Å²) >= 11 is 0. The molecular weight excluding hydrogens is 382 g/mol. The van der Waals surface area contributed by atoms with Crippen LogP contribution < -0.4 is 4.74 Å². The quantitative estimate of drug-likeness (QED) is 0.366. The van der Waals surface area contributed by atoms with Gasteiger partial charge in [0.2, 0.25) is 0 Å². The number of methoxy groups -OCH3 is 1. The lowest BCUT2D eigenvalue weighted by atomic mass is 9.91. The lowest BCUT2D eigenvalue weighted by Crippen LogP contribution is -2.17. The summed E-state index contributed by atoms with van der Waals surface area (Å²) in [7, 11) is 1.61. The van der Waals surface area contributed by atoms with E-state index in [1.165, 1.54) is 0 Å². The molecule has 1 N–H and O–H groups in total. The van der Waals surface area contributed by atoms with Crippen LogP contribution in [0.25, 0.3) is 16.7 Å². The molecule has 7 heteroatoms. The number of ether oxygens (including phenoxy) is 2. The molecule has 0 bridgehead atoms. The molecule has 0 spiro atoms. The Morgan fingerprint density at radius 3 is 2.30 bits per heavy atom. The maximum atomic E-state index is 12.4. The highest BCUT2D eigenvalue weighted by molar-refractivity contribution is 5.88. The number of hydrogen-bond donors (Lipinski definition) is 1. The number of aliphatic hydroxyl groups is 1. The Labute approximate surface area is 175 Å². The predicted molar refractivity (Wildman–Crippen MR) is 115 cm³/mol. The molecule has 0 fully saturated rings. The third-order valence-corrected chi connectivity index (χ3v) is 4.84. The molecule has 1 aromatic heterocycles. The highest BCUT2D eigenvalue weighted by Crippen LogP contribution is 2.27. The third kappa shape index (κ3) is 4.45. The van der Waals surface area contributed by atoms with E-state index in [-0.39, 0.29) is 11.3 Å². The Balaban J connectivity index is 1.76. The molecular formula is C23H27N3O4. The Hall–Kier alpha value is -3.35. The van der Waals surface area contributed by atoms with Crippen LogP contribution in [0.2, 0.25) is 0 Å². The van der Waals surface area contributed by atoms with Crippen LogP contribution in [0, 0.1) is 5.41 Å². The Kier molecular flexibility index (Phi) is 5.82. The van der Waals surface area contributed by atoms with E-state index in [0.29, 0.717) is 0 Å². The Bertz CT molecular complexity index is 1090. The number of carbonyl (C=O) groups excluding carboxylic acids is 1. The first-order valence-corrected chi connectivity index (χ1v) is 9.73. The van der Waals surface area contributed by atoms with Crippen LogP contribution in [0.4, 0.5) is 0 Å². The minimum absolute atomic E-state index is 0.0310. The number of allylic oxidation sites excluding steroid dienone is 1. The summed E-state index contributed by atoms with van der Waals surface area (Å²) in [5, 5.41) is 19.2. The van der Waals surface area contributed by atoms with Crippen LogP contribution in [0.5, 0.6) is 5.75 Å². The number of nitrogens with zero attached hydrogens (tertiary/aromatic N) is 3. The van der Waals surface area contributed by atoms with Crippen molar-refractivity contribution in [3.05, 3.63) is 59.4 Å². The van der Waals surface area contributed by atoms with Gasteiger partial charge in [-0.1, -0.05) is 32.9 Å². The standard InChI is InChI=1S/C23H27N3O4/c1-14(21(27)23(3,4)5)22(28)30-15(2)16-7-9-17(10-8-16)26-24-19-12-11-18(29-6)13-20(19)25-26/h7-13,15,27H,1-6H3/b21-14-. The average molecular weight is 409 g/mol. The van der Waals surface area contributed by atoms with E-state index in [1.54, 1.807) is 25.8 Å². The number of aliphatic hydroxyl groups excluding tert-OH is 1. The van der Waals surface area contributed by atoms with Crippen LogP contribution in [0.15, 0.2) is 53.8 Å². The van der Waals surface area contributed by atoms with Gasteiger partial charge in [0.1, 0.15) is 28.6 Å². The van der Waals surface area contributed by atoms with Gasteiger partial charge in [0, 0.05) is 11.5 Å². The second-order valence-corrected chi connectivity index (χ2v) is 8.21. The molecule has 2 aromatic carbocycles. The third-order valence-electron chi connectivity index (χ3n) is 4.84. The van der Waals surface area contributed by atoms with E-state index in [0.717, 1.165) is 28.0 Å². The van der Waals surface area contributed by atoms with Crippen LogP contribution in [0.1, 0.15) is 46.3 Å². The zero-order valence-corrected chi connectivity index (χ0v) is 18.1. The number of rotatable bonds is 5. The molecule has 30 heavy (non-hydrogen) atoms. The van der Waals surface area contributed by atoms with Gasteiger partial charge in [-0.05, 0) is 43.7 Å². The second-order valence-electron chi connectivity index (χ2n) is 8.21. The fourth-order valence-corrected chi connectivity index (χ4v) is 2.99. The summed E-state index contributed by atoms with van der Waals surface area (Å²) < 4.78 is 10.7. The van der Waals surface area contributed by atoms with Gasteiger partial charge in [0.15, 0.2) is 0 Å². The van der Waals surface area contributed by atoms with Crippen molar-refractivity contribution >= 4 is 17.0 Å². The highest BCUT2D eigenvalue weighted by atomic mass is 16.5. The predicted octanol–water partition coefficient (Wildman–Crippen LogP) is 4.91. The van der Waals surface area contributed by atoms with Crippen molar-refractivity contribution in [3.8, 4) is 11.4 Å². The summed E-state index contributed by atoms with van der Waals surface area (Å²) in [5.74, 6) is 0.221. The fraction of sp³-hybridized carbons (Fsp3) is 0.348. The lowest BCUT2D eigenvalue weighted by Gasteiger charge is -2.21. The van der Waals surface area contributed by atoms with E-state index >= 15 is 0 Å². The normalized spacial score (nSPS) is 13.7. The number of fused-ring (bicyclic) bond motifs is 1. The molecule has 0 radical (unpaired) electrons. The van der Waals surface area contributed by atoms with Crippen molar-refractivity contribution in [1.82, 2.24) is 15.0 Å². The van der Waals surface area contributed by atoms with Crippen LogP contribution in [-0.4, -0.2) is 33.2 Å². The zero-order valence-electron chi connectivity index (χ0n) is 18.1. The number of carbonyl (C=O) groups is 1. The summed E-state index contributed by atoms with van der Waals surface area (Å²) in [5.41, 5.74) is 2.82. The van der Waals surface area contributed by atoms with Crippen LogP contribution in [-0.2, 0) is 9.53 Å². The first-order chi connectivity index (χ1) is 14.1. The molecule has 0 saturated heterocycles. The molecule has 1 heterocycles. The molecule has 3 aromatic rings. The molecule has 3 rings (SSSR count). The van der Waals surface area contributed by atoms with Crippen molar-refractivity contribution < 1.29 is 19.4 Å². The van der Waals surface area contributed by atoms with Crippen molar-refractivity contribution in [3.63, 3.8) is 0 Å². The first-order valence-electron chi connectivity index (χ1n) is 9.73. The van der Waals surface area contributed by atoms with Crippen molar-refractivity contribution in [2.75, 3.05) is 7.11 Å². The minimum Gasteiger partial charge on any atom is -0.511 e. The topological polar surface area (TPSA) is 86.5 Å². The smallest absolute Gasteiger partial charge is 0.337 e. The van der Waals surface area contributed by atoms with Gasteiger partial charge < -0.3 is 14.6 Å². The molecule has 158 valence electrons. The molecule has 0 aliphatic rings. The molecule has 0 amide bonds. The zero-order chi connectivity index (χ0) is 22.1. The van der Waals surface area contributed by atoms with Gasteiger partial charge >= 0.3 is 5.97 Å². The van der Waals surface area contributed by atoms with E-state index in [4.69, 9.17) is 9.47 Å². The number of benzene rings is 2. The largest absolute Gasteiger partial charge is 0.511 e. The number of esters is 1. The number of hydrogen-bond acceptors (Lipinski definition) is 6. The van der Waals surface area contributed by atoms with Gasteiger partial charge in [-0.2, -0.15) is 4.80 Å². The number of aromatic nitrogens is 3. The van der Waals surface area contributed by atoms with Crippen molar-refractivity contribution in [2.24, 2.45) is 5.41 Å². The molecule has 1 unspecified atom stereocenters. The van der Waals surface area contributed by atoms with Crippen molar-refractivity contribution in [1.29, 1.82) is 0 Å². The van der Waals surface area contributed by atoms with Crippen LogP contribution >= 0.6 is 0 Å². The van der Waals surface area contributed by atoms with Gasteiger partial charge in [0.05, 0.1) is 18.4 Å². The summed E-state index contributed by atoms with van der Waals surface area (Å²) in [6, 6.07) is 13.0. The van der Waals surface area contributed by atoms with Gasteiger partial charge in [0.25, 0.3) is 0 Å². The van der Waals surface area contributed by atoms with E-state index in [9.17, 15) is 9.90 Å². The van der Waals surface area contributed by atoms with E-state index in [1.807, 2.05) is 63.2 Å². The maximum Gasteiger partial charge on any atom is 0.337 e. The Morgan fingerprint density at radius 2 is 1.70 bits per heavy atom. The lowest BCUT2D eigenvalue weighted by molar-refractivity contribution is -0.144. The molecule has 7 nitrogen and oxygen atoms in total. The monoisotopic (exact) mass is 409 g/mol. The highest BCUT2D eigenvalue weighted by Gasteiger charge is 2.24. The molecule has 0 saturated carbocycles.